The van der Waals surface area contributed by atoms with Crippen molar-refractivity contribution in [3.63, 3.8) is 0 Å². The van der Waals surface area contributed by atoms with Crippen molar-refractivity contribution in [2.24, 2.45) is 0 Å². The lowest BCUT2D eigenvalue weighted by atomic mass is 10.3. The third-order valence-electron chi connectivity index (χ3n) is 2.41. The first-order valence-corrected chi connectivity index (χ1v) is 11.9. The molecule has 0 saturated carbocycles. The molecular weight excluding hydrogens is 208 g/mol. The third kappa shape index (κ3) is 1.68. The van der Waals surface area contributed by atoms with Gasteiger partial charge in [-0.05, 0) is 10.4 Å². The van der Waals surface area contributed by atoms with E-state index in [4.69, 9.17) is 0 Å². The van der Waals surface area contributed by atoms with Gasteiger partial charge in [0.15, 0.2) is 0 Å². The topological polar surface area (TPSA) is 34.1 Å². The summed E-state index contributed by atoms with van der Waals surface area (Å²) in [6, 6.07) is 0. The molecule has 0 saturated heterocycles. The maximum atomic E-state index is 11.5. The second kappa shape index (κ2) is 3.00. The third-order valence-corrected chi connectivity index (χ3v) is 6.61. The molecule has 0 unspecified atom stereocenters. The van der Waals surface area contributed by atoms with Crippen molar-refractivity contribution < 1.29 is 0 Å². The van der Waals surface area contributed by atoms with E-state index in [-0.39, 0.29) is 10.9 Å². The summed E-state index contributed by atoms with van der Waals surface area (Å²) >= 11 is 0. The van der Waals surface area contributed by atoms with Crippen molar-refractivity contribution in [3.05, 3.63) is 20.4 Å². The molecule has 0 aliphatic rings. The molecule has 0 aliphatic heterocycles. The molecule has 0 atom stereocenters. The van der Waals surface area contributed by atoms with Crippen molar-refractivity contribution in [3.8, 4) is 0 Å². The van der Waals surface area contributed by atoms with Gasteiger partial charge in [0.05, 0.1) is 16.1 Å². The largest absolute Gasteiger partial charge is 0.286 e. The summed E-state index contributed by atoms with van der Waals surface area (Å²) in [5.41, 5.74) is -0.386. The summed E-state index contributed by atoms with van der Waals surface area (Å²) < 4.78 is 0. The van der Waals surface area contributed by atoms with Gasteiger partial charge in [-0.15, -0.1) is 0 Å². The molecular formula is C10H18O2Si2. The van der Waals surface area contributed by atoms with Gasteiger partial charge >= 0.3 is 0 Å². The lowest BCUT2D eigenvalue weighted by Gasteiger charge is -2.28. The minimum Gasteiger partial charge on any atom is -0.286 e. The van der Waals surface area contributed by atoms with Gasteiger partial charge in [-0.25, -0.2) is 0 Å². The summed E-state index contributed by atoms with van der Waals surface area (Å²) in [4.78, 5) is 23.0. The Morgan fingerprint density at radius 3 is 1.00 bits per heavy atom. The van der Waals surface area contributed by atoms with Crippen molar-refractivity contribution in [2.75, 3.05) is 0 Å². The van der Waals surface area contributed by atoms with Gasteiger partial charge in [0, 0.05) is 0 Å². The Morgan fingerprint density at radius 2 is 0.857 bits per heavy atom. The minimum atomic E-state index is -1.61. The van der Waals surface area contributed by atoms with E-state index in [1.807, 2.05) is 0 Å². The number of rotatable bonds is 2. The van der Waals surface area contributed by atoms with E-state index in [2.05, 4.69) is 39.3 Å². The standard InChI is InChI=1S/C10H18O2Si2/c1-13(2,3)9-7(11)8(12)10(9)14(4,5)6/h1-6H3. The normalized spacial score (nSPS) is 13.6. The Bertz CT molecular complexity index is 384. The van der Waals surface area contributed by atoms with Crippen LogP contribution in [-0.4, -0.2) is 16.1 Å². The van der Waals surface area contributed by atoms with Gasteiger partial charge in [0.1, 0.15) is 0 Å². The van der Waals surface area contributed by atoms with E-state index in [9.17, 15) is 9.59 Å². The van der Waals surface area contributed by atoms with Crippen LogP contribution in [0.25, 0.3) is 0 Å². The van der Waals surface area contributed by atoms with Crippen molar-refractivity contribution in [1.82, 2.24) is 0 Å². The fraction of sp³-hybridized carbons (Fsp3) is 0.600. The summed E-state index contributed by atoms with van der Waals surface area (Å²) in [7, 11) is -3.22. The van der Waals surface area contributed by atoms with Gasteiger partial charge in [-0.2, -0.15) is 0 Å². The van der Waals surface area contributed by atoms with E-state index in [1.54, 1.807) is 0 Å². The molecule has 0 aromatic heterocycles. The Balaban J connectivity index is 3.44. The molecule has 0 bridgehead atoms. The van der Waals surface area contributed by atoms with Gasteiger partial charge in [0.25, 0.3) is 0 Å². The molecule has 14 heavy (non-hydrogen) atoms. The van der Waals surface area contributed by atoms with Gasteiger partial charge in [-0.3, -0.25) is 9.59 Å². The average molecular weight is 226 g/mol. The average Bonchev–Trinajstić information content (AvgIpc) is 1.93. The molecule has 4 heteroatoms. The molecule has 0 radical (unpaired) electrons. The monoisotopic (exact) mass is 226 g/mol. The predicted octanol–water partition coefficient (Wildman–Crippen LogP) is 0.373. The maximum absolute atomic E-state index is 11.5. The predicted molar refractivity (Wildman–Crippen MR) is 67.3 cm³/mol. The second-order valence-electron chi connectivity index (χ2n) is 5.91. The van der Waals surface area contributed by atoms with Crippen LogP contribution in [0.15, 0.2) is 9.59 Å². The van der Waals surface area contributed by atoms with E-state index >= 15 is 0 Å². The van der Waals surface area contributed by atoms with E-state index < -0.39 is 16.1 Å². The van der Waals surface area contributed by atoms with Crippen molar-refractivity contribution in [2.45, 2.75) is 39.3 Å². The van der Waals surface area contributed by atoms with Crippen LogP contribution in [0.2, 0.25) is 39.3 Å². The van der Waals surface area contributed by atoms with Crippen LogP contribution in [0.3, 0.4) is 0 Å². The van der Waals surface area contributed by atoms with E-state index in [0.29, 0.717) is 0 Å². The van der Waals surface area contributed by atoms with Crippen LogP contribution >= 0.6 is 0 Å². The highest BCUT2D eigenvalue weighted by atomic mass is 28.3. The lowest BCUT2D eigenvalue weighted by molar-refractivity contribution is 1.47. The Labute approximate surface area is 86.7 Å². The van der Waals surface area contributed by atoms with Crippen LogP contribution in [0.1, 0.15) is 0 Å². The zero-order valence-electron chi connectivity index (χ0n) is 9.82. The highest BCUT2D eigenvalue weighted by Crippen LogP contribution is 2.03. The molecule has 78 valence electrons. The fourth-order valence-corrected chi connectivity index (χ4v) is 7.39. The van der Waals surface area contributed by atoms with E-state index in [1.165, 1.54) is 0 Å². The molecule has 1 aromatic rings. The molecule has 0 spiro atoms. The molecule has 0 amide bonds. The molecule has 0 aliphatic carbocycles. The first kappa shape index (κ1) is 11.6. The Hall–Kier alpha value is -0.486. The first-order chi connectivity index (χ1) is 6.07. The SMILES string of the molecule is C[Si](C)(C)c1c([Si](C)(C)C)c(=O)c1=O. The quantitative estimate of drug-likeness (QED) is 0.539. The van der Waals surface area contributed by atoms with Crippen molar-refractivity contribution >= 4 is 26.5 Å². The number of hydrogen-bond acceptors (Lipinski definition) is 2. The van der Waals surface area contributed by atoms with Gasteiger partial charge < -0.3 is 0 Å². The zero-order chi connectivity index (χ0) is 11.3. The van der Waals surface area contributed by atoms with Gasteiger partial charge in [-0.1, -0.05) is 39.3 Å². The Morgan fingerprint density at radius 1 is 0.643 bits per heavy atom. The van der Waals surface area contributed by atoms with Crippen LogP contribution in [-0.2, 0) is 0 Å². The Kier molecular flexibility index (Phi) is 2.48. The van der Waals surface area contributed by atoms with Crippen LogP contribution in [0, 0.1) is 0 Å². The maximum Gasteiger partial charge on any atom is 0.224 e. The van der Waals surface area contributed by atoms with Gasteiger partial charge in [0.2, 0.25) is 10.9 Å². The highest BCUT2D eigenvalue weighted by Gasteiger charge is 2.37. The summed E-state index contributed by atoms with van der Waals surface area (Å²) in [5.74, 6) is 0. The van der Waals surface area contributed by atoms with Crippen LogP contribution < -0.4 is 21.2 Å². The second-order valence-corrected chi connectivity index (χ2v) is 15.9. The molecule has 1 rings (SSSR count). The van der Waals surface area contributed by atoms with E-state index in [0.717, 1.165) is 10.4 Å². The summed E-state index contributed by atoms with van der Waals surface area (Å²) in [6.45, 7) is 12.8. The smallest absolute Gasteiger partial charge is 0.224 e. The highest BCUT2D eigenvalue weighted by molar-refractivity contribution is 6.99. The molecule has 0 N–H and O–H groups in total. The zero-order valence-corrected chi connectivity index (χ0v) is 11.8. The molecule has 1 aromatic carbocycles. The fourth-order valence-electron chi connectivity index (χ4n) is 1.82. The van der Waals surface area contributed by atoms with Crippen LogP contribution in [0.4, 0.5) is 0 Å². The van der Waals surface area contributed by atoms with Crippen LogP contribution in [0.5, 0.6) is 0 Å². The molecule has 0 heterocycles. The minimum absolute atomic E-state index is 0.193. The summed E-state index contributed by atoms with van der Waals surface area (Å²) in [5, 5.41) is 1.84. The molecule has 0 fully saturated rings. The van der Waals surface area contributed by atoms with Crippen molar-refractivity contribution in [1.29, 1.82) is 0 Å². The summed E-state index contributed by atoms with van der Waals surface area (Å²) in [6.07, 6.45) is 0. The molecule has 2 nitrogen and oxygen atoms in total. The number of hydrogen-bond donors (Lipinski definition) is 0. The lowest BCUT2D eigenvalue weighted by Crippen LogP contribution is -2.77. The first-order valence-electron chi connectivity index (χ1n) is 4.91.